The van der Waals surface area contributed by atoms with E-state index in [9.17, 15) is 4.79 Å². The first kappa shape index (κ1) is 14.7. The van der Waals surface area contributed by atoms with Crippen molar-refractivity contribution < 1.29 is 9.21 Å². The number of hydrogen-bond acceptors (Lipinski definition) is 2. The number of amides is 1. The Kier molecular flexibility index (Phi) is 4.19. The zero-order chi connectivity index (χ0) is 14.9. The molecule has 1 amide bonds. The SMILES string of the molecule is Cc1oc(C)c(C(=O)Nc2ccccc2C(C)Cl)c1C. The summed E-state index contributed by atoms with van der Waals surface area (Å²) in [6.07, 6.45) is 0. The highest BCUT2D eigenvalue weighted by atomic mass is 35.5. The molecule has 0 spiro atoms. The molecule has 1 N–H and O–H groups in total. The molecule has 1 aromatic carbocycles. The van der Waals surface area contributed by atoms with Crippen molar-refractivity contribution >= 4 is 23.2 Å². The summed E-state index contributed by atoms with van der Waals surface area (Å²) in [7, 11) is 0. The van der Waals surface area contributed by atoms with Crippen LogP contribution in [0.4, 0.5) is 5.69 Å². The van der Waals surface area contributed by atoms with E-state index in [2.05, 4.69) is 5.32 Å². The van der Waals surface area contributed by atoms with Gasteiger partial charge in [-0.15, -0.1) is 11.6 Å². The molecule has 0 saturated heterocycles. The van der Waals surface area contributed by atoms with Crippen molar-refractivity contribution in [3.63, 3.8) is 0 Å². The molecule has 1 unspecified atom stereocenters. The fourth-order valence-electron chi connectivity index (χ4n) is 2.27. The van der Waals surface area contributed by atoms with Gasteiger partial charge in [-0.2, -0.15) is 0 Å². The second kappa shape index (κ2) is 5.71. The van der Waals surface area contributed by atoms with Crippen molar-refractivity contribution in [2.24, 2.45) is 0 Å². The lowest BCUT2D eigenvalue weighted by Crippen LogP contribution is -2.15. The summed E-state index contributed by atoms with van der Waals surface area (Å²) in [6.45, 7) is 7.42. The van der Waals surface area contributed by atoms with Crippen LogP contribution in [-0.2, 0) is 0 Å². The van der Waals surface area contributed by atoms with Crippen molar-refractivity contribution in [3.8, 4) is 0 Å². The number of alkyl halides is 1. The van der Waals surface area contributed by atoms with Crippen LogP contribution in [0, 0.1) is 20.8 Å². The van der Waals surface area contributed by atoms with Crippen molar-refractivity contribution in [3.05, 3.63) is 52.5 Å². The van der Waals surface area contributed by atoms with Crippen molar-refractivity contribution in [1.29, 1.82) is 0 Å². The van der Waals surface area contributed by atoms with Gasteiger partial charge in [0.2, 0.25) is 0 Å². The minimum absolute atomic E-state index is 0.165. The van der Waals surface area contributed by atoms with Gasteiger partial charge in [-0.1, -0.05) is 18.2 Å². The van der Waals surface area contributed by atoms with Crippen LogP contribution >= 0.6 is 11.6 Å². The topological polar surface area (TPSA) is 42.2 Å². The van der Waals surface area contributed by atoms with E-state index >= 15 is 0 Å². The molecule has 106 valence electrons. The Labute approximate surface area is 123 Å². The molecule has 0 bridgehead atoms. The molecule has 1 atom stereocenters. The van der Waals surface area contributed by atoms with Crippen LogP contribution in [0.25, 0.3) is 0 Å². The van der Waals surface area contributed by atoms with Crippen LogP contribution < -0.4 is 5.32 Å². The van der Waals surface area contributed by atoms with Crippen LogP contribution in [0.1, 0.15) is 45.3 Å². The fraction of sp³-hybridized carbons (Fsp3) is 0.312. The predicted molar refractivity (Wildman–Crippen MR) is 81.6 cm³/mol. The van der Waals surface area contributed by atoms with Gasteiger partial charge >= 0.3 is 0 Å². The zero-order valence-electron chi connectivity index (χ0n) is 12.1. The average molecular weight is 292 g/mol. The zero-order valence-corrected chi connectivity index (χ0v) is 12.8. The van der Waals surface area contributed by atoms with Gasteiger partial charge in [-0.05, 0) is 39.3 Å². The quantitative estimate of drug-likeness (QED) is 0.829. The number of rotatable bonds is 3. The Balaban J connectivity index is 2.33. The normalized spacial score (nSPS) is 12.2. The van der Waals surface area contributed by atoms with Crippen LogP contribution in [0.3, 0.4) is 0 Å². The number of furan rings is 1. The van der Waals surface area contributed by atoms with E-state index < -0.39 is 0 Å². The highest BCUT2D eigenvalue weighted by Crippen LogP contribution is 2.28. The maximum atomic E-state index is 12.4. The van der Waals surface area contributed by atoms with E-state index in [0.29, 0.717) is 11.3 Å². The summed E-state index contributed by atoms with van der Waals surface area (Å²) in [4.78, 5) is 12.4. The number of anilines is 1. The summed E-state index contributed by atoms with van der Waals surface area (Å²) in [6, 6.07) is 7.54. The molecule has 2 aromatic rings. The van der Waals surface area contributed by atoms with Gasteiger partial charge in [0.05, 0.1) is 10.9 Å². The molecule has 20 heavy (non-hydrogen) atoms. The second-order valence-electron chi connectivity index (χ2n) is 4.87. The number of nitrogens with one attached hydrogen (secondary N) is 1. The largest absolute Gasteiger partial charge is 0.466 e. The third-order valence-electron chi connectivity index (χ3n) is 3.43. The number of carbonyl (C=O) groups excluding carboxylic acids is 1. The number of benzene rings is 1. The predicted octanol–water partition coefficient (Wildman–Crippen LogP) is 4.76. The van der Waals surface area contributed by atoms with Crippen molar-refractivity contribution in [2.75, 3.05) is 5.32 Å². The first-order valence-corrected chi connectivity index (χ1v) is 6.96. The minimum atomic E-state index is -0.167. The van der Waals surface area contributed by atoms with E-state index in [1.54, 1.807) is 6.92 Å². The lowest BCUT2D eigenvalue weighted by atomic mass is 10.1. The third kappa shape index (κ3) is 2.73. The van der Waals surface area contributed by atoms with Crippen LogP contribution in [0.2, 0.25) is 0 Å². The number of carbonyl (C=O) groups is 1. The van der Waals surface area contributed by atoms with Gasteiger partial charge in [0.15, 0.2) is 0 Å². The molecule has 2 rings (SSSR count). The van der Waals surface area contributed by atoms with Gasteiger partial charge < -0.3 is 9.73 Å². The number of aryl methyl sites for hydroxylation is 2. The lowest BCUT2D eigenvalue weighted by molar-refractivity contribution is 0.102. The van der Waals surface area contributed by atoms with Gasteiger partial charge in [0, 0.05) is 11.3 Å². The van der Waals surface area contributed by atoms with Crippen molar-refractivity contribution in [2.45, 2.75) is 33.1 Å². The molecule has 0 radical (unpaired) electrons. The van der Waals surface area contributed by atoms with E-state index in [0.717, 1.165) is 22.6 Å². The molecule has 1 aromatic heterocycles. The highest BCUT2D eigenvalue weighted by molar-refractivity contribution is 6.21. The molecule has 0 fully saturated rings. The Morgan fingerprint density at radius 1 is 1.20 bits per heavy atom. The van der Waals surface area contributed by atoms with Gasteiger partial charge in [-0.25, -0.2) is 0 Å². The number of halogens is 1. The molecular weight excluding hydrogens is 274 g/mol. The molecular formula is C16H18ClNO2. The fourth-order valence-corrected chi connectivity index (χ4v) is 2.46. The molecule has 0 aliphatic carbocycles. The Morgan fingerprint density at radius 3 is 2.40 bits per heavy atom. The first-order valence-electron chi connectivity index (χ1n) is 6.52. The molecule has 3 nitrogen and oxygen atoms in total. The lowest BCUT2D eigenvalue weighted by Gasteiger charge is -2.12. The minimum Gasteiger partial charge on any atom is -0.466 e. The summed E-state index contributed by atoms with van der Waals surface area (Å²) < 4.78 is 5.49. The third-order valence-corrected chi connectivity index (χ3v) is 3.66. The molecule has 4 heteroatoms. The van der Waals surface area contributed by atoms with Gasteiger partial charge in [-0.3, -0.25) is 4.79 Å². The summed E-state index contributed by atoms with van der Waals surface area (Å²) in [5.41, 5.74) is 3.10. The van der Waals surface area contributed by atoms with E-state index in [4.69, 9.17) is 16.0 Å². The Morgan fingerprint density at radius 2 is 1.85 bits per heavy atom. The van der Waals surface area contributed by atoms with Crippen LogP contribution in [0.5, 0.6) is 0 Å². The highest BCUT2D eigenvalue weighted by Gasteiger charge is 2.19. The second-order valence-corrected chi connectivity index (χ2v) is 5.53. The molecule has 1 heterocycles. The summed E-state index contributed by atoms with van der Waals surface area (Å²) in [5, 5.41) is 2.75. The average Bonchev–Trinajstić information content (AvgIpc) is 2.63. The monoisotopic (exact) mass is 291 g/mol. The molecule has 0 aliphatic heterocycles. The number of hydrogen-bond donors (Lipinski definition) is 1. The van der Waals surface area contributed by atoms with Gasteiger partial charge in [0.1, 0.15) is 11.5 Å². The smallest absolute Gasteiger partial charge is 0.259 e. The molecule has 0 saturated carbocycles. The summed E-state index contributed by atoms with van der Waals surface area (Å²) in [5.74, 6) is 1.24. The first-order chi connectivity index (χ1) is 9.41. The van der Waals surface area contributed by atoms with Crippen LogP contribution in [0.15, 0.2) is 28.7 Å². The Hall–Kier alpha value is -1.74. The maximum absolute atomic E-state index is 12.4. The van der Waals surface area contributed by atoms with E-state index in [-0.39, 0.29) is 11.3 Å². The number of para-hydroxylation sites is 1. The standard InChI is InChI=1S/C16H18ClNO2/c1-9-11(3)20-12(4)15(9)16(19)18-14-8-6-5-7-13(14)10(2)17/h5-8,10H,1-4H3,(H,18,19). The Bertz CT molecular complexity index is 644. The van der Waals surface area contributed by atoms with E-state index in [1.807, 2.05) is 45.0 Å². The maximum Gasteiger partial charge on any atom is 0.259 e. The van der Waals surface area contributed by atoms with Crippen LogP contribution in [-0.4, -0.2) is 5.91 Å². The van der Waals surface area contributed by atoms with E-state index in [1.165, 1.54) is 0 Å². The molecule has 0 aliphatic rings. The summed E-state index contributed by atoms with van der Waals surface area (Å²) >= 11 is 6.13. The van der Waals surface area contributed by atoms with Gasteiger partial charge in [0.25, 0.3) is 5.91 Å². The van der Waals surface area contributed by atoms with Crippen molar-refractivity contribution in [1.82, 2.24) is 0 Å².